The molecule has 0 spiro atoms. The van der Waals surface area contributed by atoms with Gasteiger partial charge in [-0.1, -0.05) is 52.8 Å². The molecule has 0 aliphatic rings. The van der Waals surface area contributed by atoms with Crippen molar-refractivity contribution in [1.82, 2.24) is 14.9 Å². The fraction of sp³-hybridized carbons (Fsp3) is 0.235. The highest BCUT2D eigenvalue weighted by Crippen LogP contribution is 2.23. The molecule has 0 radical (unpaired) electrons. The zero-order valence-corrected chi connectivity index (χ0v) is 16.4. The van der Waals surface area contributed by atoms with E-state index in [9.17, 15) is 0 Å². The van der Waals surface area contributed by atoms with Crippen LogP contribution in [0.4, 0.5) is 0 Å². The molecule has 1 aromatic carbocycles. The molecule has 2 aromatic heterocycles. The molecule has 0 aliphatic heterocycles. The Morgan fingerprint density at radius 3 is 2.79 bits per heavy atom. The number of aryl methyl sites for hydroxylation is 1. The minimum Gasteiger partial charge on any atom is -0.191 e. The van der Waals surface area contributed by atoms with Crippen LogP contribution >= 0.6 is 39.0 Å². The van der Waals surface area contributed by atoms with Crippen LogP contribution in [0.3, 0.4) is 0 Å². The van der Waals surface area contributed by atoms with Crippen molar-refractivity contribution in [1.29, 1.82) is 0 Å². The van der Waals surface area contributed by atoms with Crippen LogP contribution in [0.1, 0.15) is 29.6 Å². The summed E-state index contributed by atoms with van der Waals surface area (Å²) in [6, 6.07) is 12.4. The second-order valence-corrected chi connectivity index (χ2v) is 7.97. The van der Waals surface area contributed by atoms with Crippen molar-refractivity contribution in [2.45, 2.75) is 30.7 Å². The van der Waals surface area contributed by atoms with Crippen molar-refractivity contribution in [3.63, 3.8) is 0 Å². The molecule has 0 N–H and O–H groups in total. The SMILES string of the molecule is CCCc1nnc(SCc2ccc(Br)cc2)n1/N=C/c1cccs1. The highest BCUT2D eigenvalue weighted by molar-refractivity contribution is 9.10. The quantitative estimate of drug-likeness (QED) is 0.388. The molecule has 0 atom stereocenters. The first-order chi connectivity index (χ1) is 11.8. The highest BCUT2D eigenvalue weighted by Gasteiger charge is 2.11. The van der Waals surface area contributed by atoms with E-state index in [-0.39, 0.29) is 0 Å². The predicted octanol–water partition coefficient (Wildman–Crippen LogP) is 5.23. The molecule has 0 amide bonds. The molecule has 124 valence electrons. The first-order valence-electron chi connectivity index (χ1n) is 7.65. The monoisotopic (exact) mass is 420 g/mol. The third-order valence-electron chi connectivity index (χ3n) is 3.28. The molecular formula is C17H17BrN4S2. The third kappa shape index (κ3) is 4.55. The van der Waals surface area contributed by atoms with Crippen molar-refractivity contribution < 1.29 is 0 Å². The van der Waals surface area contributed by atoms with Crippen LogP contribution in [0.2, 0.25) is 0 Å². The molecule has 7 heteroatoms. The Morgan fingerprint density at radius 2 is 2.08 bits per heavy atom. The van der Waals surface area contributed by atoms with Crippen LogP contribution in [-0.2, 0) is 12.2 Å². The normalized spacial score (nSPS) is 11.4. The third-order valence-corrected chi connectivity index (χ3v) is 5.60. The molecule has 0 unspecified atom stereocenters. The maximum Gasteiger partial charge on any atom is 0.212 e. The summed E-state index contributed by atoms with van der Waals surface area (Å²) in [6.07, 6.45) is 3.76. The van der Waals surface area contributed by atoms with Gasteiger partial charge in [-0.05, 0) is 35.6 Å². The van der Waals surface area contributed by atoms with E-state index >= 15 is 0 Å². The number of benzene rings is 1. The summed E-state index contributed by atoms with van der Waals surface area (Å²) in [5.74, 6) is 1.75. The Morgan fingerprint density at radius 1 is 1.25 bits per heavy atom. The Hall–Kier alpha value is -1.44. The number of hydrogen-bond acceptors (Lipinski definition) is 5. The summed E-state index contributed by atoms with van der Waals surface area (Å²) in [4.78, 5) is 1.12. The summed E-state index contributed by atoms with van der Waals surface area (Å²) >= 11 is 6.78. The molecule has 2 heterocycles. The smallest absolute Gasteiger partial charge is 0.191 e. The Balaban J connectivity index is 1.77. The largest absolute Gasteiger partial charge is 0.212 e. The molecule has 3 aromatic rings. The number of thioether (sulfide) groups is 1. The van der Waals surface area contributed by atoms with Gasteiger partial charge >= 0.3 is 0 Å². The van der Waals surface area contributed by atoms with Crippen LogP contribution in [0.5, 0.6) is 0 Å². The van der Waals surface area contributed by atoms with Crippen LogP contribution in [-0.4, -0.2) is 21.1 Å². The summed E-state index contributed by atoms with van der Waals surface area (Å²) < 4.78 is 2.96. The summed E-state index contributed by atoms with van der Waals surface area (Å²) in [7, 11) is 0. The number of hydrogen-bond donors (Lipinski definition) is 0. The molecular weight excluding hydrogens is 404 g/mol. The minimum atomic E-state index is 0.828. The number of halogens is 1. The van der Waals surface area contributed by atoms with Crippen LogP contribution < -0.4 is 0 Å². The number of nitrogens with zero attached hydrogens (tertiary/aromatic N) is 4. The van der Waals surface area contributed by atoms with Gasteiger partial charge in [0.05, 0.1) is 6.21 Å². The highest BCUT2D eigenvalue weighted by atomic mass is 79.9. The maximum absolute atomic E-state index is 4.60. The minimum absolute atomic E-state index is 0.828. The Labute approximate surface area is 158 Å². The van der Waals surface area contributed by atoms with Gasteiger partial charge in [0.25, 0.3) is 0 Å². The molecule has 3 rings (SSSR count). The van der Waals surface area contributed by atoms with Gasteiger partial charge in [0.2, 0.25) is 5.16 Å². The molecule has 0 saturated heterocycles. The van der Waals surface area contributed by atoms with Crippen molar-refractivity contribution >= 4 is 45.2 Å². The molecule has 4 nitrogen and oxygen atoms in total. The van der Waals surface area contributed by atoms with Gasteiger partial charge in [0.1, 0.15) is 0 Å². The van der Waals surface area contributed by atoms with E-state index < -0.39 is 0 Å². The topological polar surface area (TPSA) is 43.1 Å². The fourth-order valence-corrected chi connectivity index (χ4v) is 3.79. The lowest BCUT2D eigenvalue weighted by molar-refractivity contribution is 0.700. The van der Waals surface area contributed by atoms with Gasteiger partial charge in [-0.15, -0.1) is 21.5 Å². The lowest BCUT2D eigenvalue weighted by Crippen LogP contribution is -2.00. The van der Waals surface area contributed by atoms with E-state index in [1.807, 2.05) is 28.4 Å². The number of rotatable bonds is 7. The predicted molar refractivity (Wildman–Crippen MR) is 105 cm³/mol. The zero-order valence-electron chi connectivity index (χ0n) is 13.2. The average molecular weight is 421 g/mol. The lowest BCUT2D eigenvalue weighted by Gasteiger charge is -2.04. The Kier molecular flexibility index (Phi) is 6.23. The van der Waals surface area contributed by atoms with E-state index in [4.69, 9.17) is 0 Å². The van der Waals surface area contributed by atoms with E-state index in [2.05, 4.69) is 62.4 Å². The zero-order chi connectivity index (χ0) is 16.8. The van der Waals surface area contributed by atoms with E-state index in [0.29, 0.717) is 0 Å². The standard InChI is InChI=1S/C17H17BrN4S2/c1-2-4-16-20-21-17(22(16)19-11-15-5-3-10-23-15)24-12-13-6-8-14(18)9-7-13/h3,5-11H,2,4,12H2,1H3/b19-11+. The van der Waals surface area contributed by atoms with Gasteiger partial charge in [-0.25, -0.2) is 0 Å². The second-order valence-electron chi connectivity index (χ2n) is 5.14. The van der Waals surface area contributed by atoms with Crippen LogP contribution in [0.15, 0.2) is 56.5 Å². The number of aromatic nitrogens is 3. The van der Waals surface area contributed by atoms with Crippen molar-refractivity contribution in [3.8, 4) is 0 Å². The van der Waals surface area contributed by atoms with E-state index in [0.717, 1.165) is 38.9 Å². The van der Waals surface area contributed by atoms with E-state index in [1.165, 1.54) is 5.56 Å². The Bertz CT molecular complexity index is 795. The molecule has 0 aliphatic carbocycles. The molecule has 0 saturated carbocycles. The van der Waals surface area contributed by atoms with Gasteiger partial charge in [-0.2, -0.15) is 9.78 Å². The van der Waals surface area contributed by atoms with Crippen molar-refractivity contribution in [2.75, 3.05) is 0 Å². The van der Waals surface area contributed by atoms with Crippen LogP contribution in [0.25, 0.3) is 0 Å². The first-order valence-corrected chi connectivity index (χ1v) is 10.3. The maximum atomic E-state index is 4.60. The van der Waals surface area contributed by atoms with Crippen molar-refractivity contribution in [2.24, 2.45) is 5.10 Å². The average Bonchev–Trinajstić information content (AvgIpc) is 3.23. The van der Waals surface area contributed by atoms with Gasteiger partial charge < -0.3 is 0 Å². The van der Waals surface area contributed by atoms with Crippen molar-refractivity contribution in [3.05, 3.63) is 62.5 Å². The molecule has 0 bridgehead atoms. The lowest BCUT2D eigenvalue weighted by atomic mass is 10.2. The van der Waals surface area contributed by atoms with Crippen LogP contribution in [0, 0.1) is 0 Å². The first kappa shape index (κ1) is 17.4. The number of thiophene rings is 1. The summed E-state index contributed by atoms with van der Waals surface area (Å²) in [5, 5.41) is 16.1. The summed E-state index contributed by atoms with van der Waals surface area (Å²) in [6.45, 7) is 2.14. The molecule has 0 fully saturated rings. The van der Waals surface area contributed by atoms with Gasteiger partial charge in [-0.3, -0.25) is 0 Å². The van der Waals surface area contributed by atoms with Gasteiger partial charge in [0, 0.05) is 21.5 Å². The van der Waals surface area contributed by atoms with E-state index in [1.54, 1.807) is 23.1 Å². The summed E-state index contributed by atoms with van der Waals surface area (Å²) in [5.41, 5.74) is 1.25. The second kappa shape index (κ2) is 8.60. The fourth-order valence-electron chi connectivity index (χ4n) is 2.09. The van der Waals surface area contributed by atoms with Gasteiger partial charge in [0.15, 0.2) is 5.82 Å². The molecule has 24 heavy (non-hydrogen) atoms.